The van der Waals surface area contributed by atoms with E-state index in [1.165, 1.54) is 11.3 Å². The molecule has 5 aromatic rings. The van der Waals surface area contributed by atoms with Gasteiger partial charge < -0.3 is 19.5 Å². The van der Waals surface area contributed by atoms with Crippen molar-refractivity contribution >= 4 is 40.6 Å². The summed E-state index contributed by atoms with van der Waals surface area (Å²) < 4.78 is 19.0. The number of para-hydroxylation sites is 1. The fourth-order valence-corrected chi connectivity index (χ4v) is 6.39. The summed E-state index contributed by atoms with van der Waals surface area (Å²) in [5, 5.41) is 3.63. The van der Waals surface area contributed by atoms with Gasteiger partial charge in [0, 0.05) is 10.7 Å². The largest absolute Gasteiger partial charge is 0.497 e. The Hall–Kier alpha value is -5.12. The molecule has 6 rings (SSSR count). The van der Waals surface area contributed by atoms with Gasteiger partial charge in [-0.15, -0.1) is 0 Å². The van der Waals surface area contributed by atoms with Gasteiger partial charge in [-0.2, -0.15) is 0 Å². The van der Waals surface area contributed by atoms with Crippen LogP contribution < -0.4 is 34.4 Å². The Morgan fingerprint density at radius 3 is 2.39 bits per heavy atom. The van der Waals surface area contributed by atoms with Gasteiger partial charge in [0.05, 0.1) is 36.1 Å². The molecule has 0 spiro atoms. The molecular weight excluding hydrogens is 622 g/mol. The lowest BCUT2D eigenvalue weighted by Crippen LogP contribution is -2.40. The Kier molecular flexibility index (Phi) is 9.05. The third-order valence-electron chi connectivity index (χ3n) is 7.52. The molecule has 8 nitrogen and oxygen atoms in total. The van der Waals surface area contributed by atoms with E-state index in [4.69, 9.17) is 30.8 Å². The number of nitrogens with zero attached hydrogens (tertiary/aromatic N) is 2. The summed E-state index contributed by atoms with van der Waals surface area (Å²) in [4.78, 5) is 33.1. The minimum Gasteiger partial charge on any atom is -0.497 e. The molecule has 2 heterocycles. The highest BCUT2D eigenvalue weighted by atomic mass is 35.5. The predicted molar refractivity (Wildman–Crippen MR) is 181 cm³/mol. The van der Waals surface area contributed by atoms with Crippen LogP contribution in [0.2, 0.25) is 5.02 Å². The molecule has 0 radical (unpaired) electrons. The minimum absolute atomic E-state index is 0.260. The number of thiazole rings is 1. The molecule has 1 N–H and O–H groups in total. The number of ether oxygens (including phenoxy) is 3. The average molecular weight is 652 g/mol. The van der Waals surface area contributed by atoms with E-state index < -0.39 is 6.04 Å². The molecule has 0 fully saturated rings. The van der Waals surface area contributed by atoms with Crippen LogP contribution >= 0.6 is 22.9 Å². The van der Waals surface area contributed by atoms with Crippen LogP contribution in [0.1, 0.15) is 29.7 Å². The van der Waals surface area contributed by atoms with Crippen molar-refractivity contribution in [2.75, 3.05) is 19.5 Å². The van der Waals surface area contributed by atoms with Gasteiger partial charge in [0.25, 0.3) is 11.5 Å². The van der Waals surface area contributed by atoms with Crippen LogP contribution in [0.3, 0.4) is 0 Å². The summed E-state index contributed by atoms with van der Waals surface area (Å²) in [5.41, 5.74) is 3.78. The highest BCUT2D eigenvalue weighted by Gasteiger charge is 2.32. The van der Waals surface area contributed by atoms with Gasteiger partial charge in [0.1, 0.15) is 12.4 Å². The topological polar surface area (TPSA) is 91.2 Å². The molecule has 1 aliphatic heterocycles. The molecule has 0 aliphatic carbocycles. The molecule has 0 saturated carbocycles. The third-order valence-corrected chi connectivity index (χ3v) is 8.76. The third kappa shape index (κ3) is 6.47. The maximum Gasteiger partial charge on any atom is 0.271 e. The second-order valence-electron chi connectivity index (χ2n) is 10.5. The predicted octanol–water partition coefficient (Wildman–Crippen LogP) is 6.12. The van der Waals surface area contributed by atoms with E-state index in [9.17, 15) is 9.59 Å². The van der Waals surface area contributed by atoms with E-state index in [1.54, 1.807) is 31.8 Å². The minimum atomic E-state index is -0.703. The number of methoxy groups -OCH3 is 2. The van der Waals surface area contributed by atoms with E-state index in [0.29, 0.717) is 55.2 Å². The van der Waals surface area contributed by atoms with E-state index in [2.05, 4.69) is 5.32 Å². The number of amides is 1. The van der Waals surface area contributed by atoms with Crippen molar-refractivity contribution in [2.24, 2.45) is 4.99 Å². The number of allylic oxidation sites excluding steroid dienone is 1. The van der Waals surface area contributed by atoms with Gasteiger partial charge in [-0.1, -0.05) is 71.5 Å². The molecule has 0 saturated heterocycles. The summed E-state index contributed by atoms with van der Waals surface area (Å²) in [6.45, 7) is 2.14. The number of fused-ring (bicyclic) bond motifs is 1. The zero-order chi connectivity index (χ0) is 32.2. The number of benzene rings is 4. The van der Waals surface area contributed by atoms with E-state index in [-0.39, 0.29) is 11.5 Å². The molecule has 1 atom stereocenters. The lowest BCUT2D eigenvalue weighted by atomic mass is 9.95. The molecule has 1 amide bonds. The van der Waals surface area contributed by atoms with Crippen LogP contribution in [0.4, 0.5) is 5.69 Å². The Labute approximate surface area is 274 Å². The molecule has 1 aliphatic rings. The van der Waals surface area contributed by atoms with Gasteiger partial charge in [-0.05, 0) is 78.2 Å². The first kappa shape index (κ1) is 30.9. The summed E-state index contributed by atoms with van der Waals surface area (Å²) >= 11 is 7.26. The number of aromatic nitrogens is 1. The van der Waals surface area contributed by atoms with Gasteiger partial charge in [0.15, 0.2) is 16.3 Å². The molecule has 4 aromatic carbocycles. The number of carbonyl (C=O) groups excluding carboxylic acids is 1. The van der Waals surface area contributed by atoms with Crippen LogP contribution in [-0.4, -0.2) is 24.7 Å². The van der Waals surface area contributed by atoms with Crippen LogP contribution in [-0.2, 0) is 11.4 Å². The molecule has 10 heteroatoms. The van der Waals surface area contributed by atoms with Gasteiger partial charge in [-0.3, -0.25) is 14.2 Å². The van der Waals surface area contributed by atoms with Crippen molar-refractivity contribution in [1.82, 2.24) is 4.57 Å². The molecular formula is C36H30ClN3O5S. The van der Waals surface area contributed by atoms with E-state index in [1.807, 2.05) is 97.1 Å². The first-order valence-electron chi connectivity index (χ1n) is 14.4. The number of rotatable bonds is 9. The number of anilines is 1. The number of carbonyl (C=O) groups is 1. The Bertz CT molecular complexity index is 2100. The lowest BCUT2D eigenvalue weighted by molar-refractivity contribution is -0.113. The van der Waals surface area contributed by atoms with Crippen LogP contribution in [0.5, 0.6) is 17.2 Å². The molecule has 232 valence electrons. The zero-order valence-electron chi connectivity index (χ0n) is 25.3. The van der Waals surface area contributed by atoms with Crippen molar-refractivity contribution in [3.63, 3.8) is 0 Å². The SMILES string of the molecule is COc1ccc([C@@H]2C(C(=O)Nc3ccccc3)=C(C)N=c3s/c(=C/c4ccc(OCc5ccc(Cl)cc5)c(OC)c4)c(=O)n32)cc1. The number of nitrogens with one attached hydrogen (secondary N) is 1. The van der Waals surface area contributed by atoms with Crippen molar-refractivity contribution in [3.05, 3.63) is 150 Å². The Morgan fingerprint density at radius 1 is 0.957 bits per heavy atom. The standard InChI is InChI=1S/C36H30ClN3O5S/c1-22-32(34(41)39-27-7-5-4-6-8-27)33(25-12-16-28(43-2)17-13-25)40-35(42)31(46-36(40)38-22)20-24-11-18-29(30(19-24)44-3)45-21-23-9-14-26(37)15-10-23/h4-20,33H,21H2,1-3H3,(H,39,41)/b31-20+/t33-/m1/s1. The van der Waals surface area contributed by atoms with E-state index >= 15 is 0 Å². The summed E-state index contributed by atoms with van der Waals surface area (Å²) in [7, 11) is 3.16. The number of hydrogen-bond donors (Lipinski definition) is 1. The molecule has 0 unspecified atom stereocenters. The van der Waals surface area contributed by atoms with Gasteiger partial charge in [-0.25, -0.2) is 4.99 Å². The first-order chi connectivity index (χ1) is 22.3. The van der Waals surface area contributed by atoms with Gasteiger partial charge in [0.2, 0.25) is 0 Å². The summed E-state index contributed by atoms with van der Waals surface area (Å²) in [5.74, 6) is 1.44. The van der Waals surface area contributed by atoms with Crippen LogP contribution in [0, 0.1) is 0 Å². The van der Waals surface area contributed by atoms with Crippen LogP contribution in [0.25, 0.3) is 6.08 Å². The fraction of sp³-hybridized carbons (Fsp3) is 0.139. The number of hydrogen-bond acceptors (Lipinski definition) is 7. The lowest BCUT2D eigenvalue weighted by Gasteiger charge is -2.25. The summed E-state index contributed by atoms with van der Waals surface area (Å²) in [6.07, 6.45) is 1.80. The van der Waals surface area contributed by atoms with E-state index in [0.717, 1.165) is 16.7 Å². The highest BCUT2D eigenvalue weighted by molar-refractivity contribution is 7.07. The fourth-order valence-electron chi connectivity index (χ4n) is 5.22. The second-order valence-corrected chi connectivity index (χ2v) is 11.9. The van der Waals surface area contributed by atoms with Gasteiger partial charge >= 0.3 is 0 Å². The zero-order valence-corrected chi connectivity index (χ0v) is 26.9. The van der Waals surface area contributed by atoms with Crippen molar-refractivity contribution < 1.29 is 19.0 Å². The maximum absolute atomic E-state index is 14.1. The number of halogens is 1. The molecule has 1 aromatic heterocycles. The Balaban J connectivity index is 1.38. The monoisotopic (exact) mass is 651 g/mol. The second kappa shape index (κ2) is 13.5. The summed E-state index contributed by atoms with van der Waals surface area (Å²) in [6, 6.07) is 28.8. The smallest absolute Gasteiger partial charge is 0.271 e. The first-order valence-corrected chi connectivity index (χ1v) is 15.6. The normalized spacial score (nSPS) is 14.3. The van der Waals surface area contributed by atoms with Crippen molar-refractivity contribution in [2.45, 2.75) is 19.6 Å². The molecule has 46 heavy (non-hydrogen) atoms. The molecule has 0 bridgehead atoms. The van der Waals surface area contributed by atoms with Crippen molar-refractivity contribution in [1.29, 1.82) is 0 Å². The van der Waals surface area contributed by atoms with Crippen LogP contribution in [0.15, 0.2) is 118 Å². The quantitative estimate of drug-likeness (QED) is 0.207. The average Bonchev–Trinajstić information content (AvgIpc) is 3.38. The Morgan fingerprint density at radius 2 is 1.70 bits per heavy atom. The maximum atomic E-state index is 14.1. The highest BCUT2D eigenvalue weighted by Crippen LogP contribution is 2.32. The van der Waals surface area contributed by atoms with Crippen molar-refractivity contribution in [3.8, 4) is 17.2 Å².